The van der Waals surface area contributed by atoms with Crippen molar-refractivity contribution in [1.82, 2.24) is 4.57 Å². The van der Waals surface area contributed by atoms with Crippen LogP contribution in [0, 0.1) is 11.8 Å². The van der Waals surface area contributed by atoms with Crippen molar-refractivity contribution in [1.29, 1.82) is 0 Å². The molecule has 4 heterocycles. The molecule has 5 aliphatic rings. The maximum absolute atomic E-state index is 2.88. The van der Waals surface area contributed by atoms with Crippen LogP contribution in [0.25, 0.3) is 27.5 Å². The molecular formula is C34H29BN2. The number of anilines is 2. The molecule has 2 fully saturated rings. The van der Waals surface area contributed by atoms with Gasteiger partial charge in [-0.2, -0.15) is 0 Å². The lowest BCUT2D eigenvalue weighted by atomic mass is 9.34. The van der Waals surface area contributed by atoms with Crippen LogP contribution < -0.4 is 21.3 Å². The monoisotopic (exact) mass is 476 g/mol. The predicted octanol–water partition coefficient (Wildman–Crippen LogP) is 6.13. The van der Waals surface area contributed by atoms with Crippen molar-refractivity contribution in [2.45, 2.75) is 50.5 Å². The first-order chi connectivity index (χ1) is 18.4. The van der Waals surface area contributed by atoms with E-state index in [0.717, 1.165) is 11.8 Å². The van der Waals surface area contributed by atoms with Gasteiger partial charge in [-0.05, 0) is 71.2 Å². The van der Waals surface area contributed by atoms with E-state index in [0.29, 0.717) is 18.7 Å². The summed E-state index contributed by atoms with van der Waals surface area (Å²) in [5.41, 5.74) is 13.4. The number of fused-ring (bicyclic) bond motifs is 12. The van der Waals surface area contributed by atoms with E-state index in [1.807, 2.05) is 0 Å². The molecular weight excluding hydrogens is 447 g/mol. The van der Waals surface area contributed by atoms with Crippen molar-refractivity contribution in [3.05, 3.63) is 84.4 Å². The molecule has 178 valence electrons. The van der Waals surface area contributed by atoms with Gasteiger partial charge in [0.15, 0.2) is 0 Å². The van der Waals surface area contributed by atoms with Crippen molar-refractivity contribution >= 4 is 56.3 Å². The second-order valence-electron chi connectivity index (χ2n) is 12.3. The smallest absolute Gasteiger partial charge is 0.252 e. The van der Waals surface area contributed by atoms with Gasteiger partial charge in [0.05, 0.1) is 5.52 Å². The Hall–Kier alpha value is -3.46. The van der Waals surface area contributed by atoms with Crippen molar-refractivity contribution in [3.63, 3.8) is 0 Å². The van der Waals surface area contributed by atoms with Crippen LogP contribution in [0.2, 0.25) is 0 Å². The largest absolute Gasteiger partial charge is 0.338 e. The van der Waals surface area contributed by atoms with Gasteiger partial charge in [0, 0.05) is 45.3 Å². The van der Waals surface area contributed by atoms with E-state index in [2.05, 4.69) is 88.3 Å². The Morgan fingerprint density at radius 1 is 0.676 bits per heavy atom. The Kier molecular flexibility index (Phi) is 3.55. The summed E-state index contributed by atoms with van der Waals surface area (Å²) in [7, 11) is 0. The quantitative estimate of drug-likeness (QED) is 0.240. The molecule has 4 atom stereocenters. The van der Waals surface area contributed by atoms with Crippen molar-refractivity contribution in [2.75, 3.05) is 4.90 Å². The molecule has 10 rings (SSSR count). The van der Waals surface area contributed by atoms with E-state index in [1.165, 1.54) is 82.6 Å². The molecule has 5 aromatic rings. The first-order valence-corrected chi connectivity index (χ1v) is 14.5. The van der Waals surface area contributed by atoms with E-state index in [-0.39, 0.29) is 0 Å². The van der Waals surface area contributed by atoms with Crippen molar-refractivity contribution in [3.8, 4) is 5.69 Å². The fraction of sp³-hybridized carbons (Fsp3) is 0.294. The molecule has 0 amide bonds. The van der Waals surface area contributed by atoms with Crippen LogP contribution in [0.4, 0.5) is 11.4 Å². The number of rotatable bonds is 0. The molecule has 0 spiro atoms. The van der Waals surface area contributed by atoms with Crippen LogP contribution in [-0.2, 0) is 0 Å². The zero-order valence-electron chi connectivity index (χ0n) is 21.0. The maximum Gasteiger partial charge on any atom is 0.252 e. The Labute approximate surface area is 218 Å². The summed E-state index contributed by atoms with van der Waals surface area (Å²) < 4.78 is 2.59. The lowest BCUT2D eigenvalue weighted by Gasteiger charge is -2.48. The minimum atomic E-state index is 0.306. The predicted molar refractivity (Wildman–Crippen MR) is 155 cm³/mol. The van der Waals surface area contributed by atoms with Gasteiger partial charge >= 0.3 is 0 Å². The topological polar surface area (TPSA) is 8.17 Å². The summed E-state index contributed by atoms with van der Waals surface area (Å²) in [6.07, 6.45) is 8.50. The van der Waals surface area contributed by atoms with Gasteiger partial charge in [-0.25, -0.2) is 0 Å². The van der Waals surface area contributed by atoms with Gasteiger partial charge in [-0.1, -0.05) is 79.9 Å². The van der Waals surface area contributed by atoms with Gasteiger partial charge in [0.1, 0.15) is 0 Å². The van der Waals surface area contributed by atoms with Crippen LogP contribution in [0.1, 0.15) is 50.0 Å². The minimum absolute atomic E-state index is 0.306. The van der Waals surface area contributed by atoms with Gasteiger partial charge in [0.25, 0.3) is 6.71 Å². The standard InChI is InChI=1S/C34H29BN2/c1-2-9-21-20(8-1)18-19-25-24-12-6-14-27-34(24)37(32(21)25)30-17-7-16-29-31(30)35(27)26-13-5-11-23-22-10-3-4-15-28(22)36(29)33(23)26/h3-7,10-17,20-21,25,32H,1-2,8-9,18-19H2. The highest BCUT2D eigenvalue weighted by atomic mass is 15.2. The first kappa shape index (κ1) is 19.6. The highest BCUT2D eigenvalue weighted by molar-refractivity contribution is 7.00. The summed E-state index contributed by atoms with van der Waals surface area (Å²) in [6, 6.07) is 31.2. The molecule has 3 heteroatoms. The molecule has 0 bridgehead atoms. The lowest BCUT2D eigenvalue weighted by Crippen LogP contribution is -2.62. The average molecular weight is 476 g/mol. The fourth-order valence-corrected chi connectivity index (χ4v) is 9.69. The van der Waals surface area contributed by atoms with E-state index < -0.39 is 0 Å². The maximum atomic E-state index is 2.88. The zero-order chi connectivity index (χ0) is 23.8. The summed E-state index contributed by atoms with van der Waals surface area (Å²) in [5, 5.41) is 2.75. The molecule has 2 aliphatic carbocycles. The minimum Gasteiger partial charge on any atom is -0.338 e. The third-order valence-electron chi connectivity index (χ3n) is 10.9. The molecule has 1 aromatic heterocycles. The highest BCUT2D eigenvalue weighted by Gasteiger charge is 2.53. The van der Waals surface area contributed by atoms with E-state index in [9.17, 15) is 0 Å². The normalized spacial score (nSPS) is 26.2. The molecule has 4 aromatic carbocycles. The third-order valence-corrected chi connectivity index (χ3v) is 10.9. The number of benzene rings is 4. The van der Waals surface area contributed by atoms with Crippen LogP contribution in [-0.4, -0.2) is 17.3 Å². The number of aromatic nitrogens is 1. The lowest BCUT2D eigenvalue weighted by molar-refractivity contribution is 0.136. The molecule has 37 heavy (non-hydrogen) atoms. The number of hydrogen-bond donors (Lipinski definition) is 0. The highest BCUT2D eigenvalue weighted by Crippen LogP contribution is 2.57. The first-order valence-electron chi connectivity index (χ1n) is 14.5. The van der Waals surface area contributed by atoms with Crippen molar-refractivity contribution < 1.29 is 0 Å². The van der Waals surface area contributed by atoms with Crippen LogP contribution in [0.3, 0.4) is 0 Å². The molecule has 3 aliphatic heterocycles. The Morgan fingerprint density at radius 3 is 2.49 bits per heavy atom. The molecule has 0 saturated heterocycles. The summed E-state index contributed by atoms with van der Waals surface area (Å²) >= 11 is 0. The number of para-hydroxylation sites is 3. The fourth-order valence-electron chi connectivity index (χ4n) is 9.69. The van der Waals surface area contributed by atoms with Gasteiger partial charge < -0.3 is 9.47 Å². The van der Waals surface area contributed by atoms with E-state index in [4.69, 9.17) is 0 Å². The molecule has 2 saturated carbocycles. The second kappa shape index (κ2) is 6.70. The molecule has 0 radical (unpaired) electrons. The molecule has 2 nitrogen and oxygen atoms in total. The Bertz CT molecular complexity index is 1800. The molecule has 4 unspecified atom stereocenters. The van der Waals surface area contributed by atoms with E-state index in [1.54, 1.807) is 16.7 Å². The van der Waals surface area contributed by atoms with E-state index >= 15 is 0 Å². The summed E-state index contributed by atoms with van der Waals surface area (Å²) in [5.74, 6) is 2.43. The summed E-state index contributed by atoms with van der Waals surface area (Å²) in [6.45, 7) is 0.306. The summed E-state index contributed by atoms with van der Waals surface area (Å²) in [4.78, 5) is 2.88. The van der Waals surface area contributed by atoms with Crippen LogP contribution in [0.15, 0.2) is 78.9 Å². The van der Waals surface area contributed by atoms with Crippen LogP contribution >= 0.6 is 0 Å². The number of hydrogen-bond acceptors (Lipinski definition) is 1. The second-order valence-corrected chi connectivity index (χ2v) is 12.3. The van der Waals surface area contributed by atoms with Crippen LogP contribution in [0.5, 0.6) is 0 Å². The van der Waals surface area contributed by atoms with Gasteiger partial charge in [-0.15, -0.1) is 0 Å². The Balaban J connectivity index is 1.33. The SMILES string of the molecule is c1cc2c3c(c1)C1CCC4CCCCC4C1N3c1cccc3c1B2c1cccc2c4ccccc4n-3c12. The average Bonchev–Trinajstić information content (AvgIpc) is 3.48. The van der Waals surface area contributed by atoms with Gasteiger partial charge in [0.2, 0.25) is 0 Å². The third kappa shape index (κ3) is 2.20. The Morgan fingerprint density at radius 2 is 1.49 bits per heavy atom. The van der Waals surface area contributed by atoms with Gasteiger partial charge in [-0.3, -0.25) is 0 Å². The van der Waals surface area contributed by atoms with Crippen molar-refractivity contribution in [2.24, 2.45) is 11.8 Å². The molecule has 0 N–H and O–H groups in total. The number of nitrogens with zero attached hydrogens (tertiary/aromatic N) is 2. The zero-order valence-corrected chi connectivity index (χ0v) is 21.0.